The van der Waals surface area contributed by atoms with Gasteiger partial charge in [-0.15, -0.1) is 11.3 Å². The largest absolute Gasteiger partial charge is 0.368 e. The standard InChI is InChI=1S/C9H8Cl2N4S/c10-7-3-13-9(11)15-8(7)12-2-1-6-4-16-5-14-6/h3-5H,1-2H2,(H,12,13,15). The number of hydrogen-bond donors (Lipinski definition) is 1. The number of rotatable bonds is 4. The summed E-state index contributed by atoms with van der Waals surface area (Å²) in [6.07, 6.45) is 2.30. The quantitative estimate of drug-likeness (QED) is 0.872. The first kappa shape index (κ1) is 11.6. The summed E-state index contributed by atoms with van der Waals surface area (Å²) in [4.78, 5) is 11.9. The van der Waals surface area contributed by atoms with Gasteiger partial charge in [0.05, 0.1) is 17.4 Å². The maximum atomic E-state index is 5.90. The molecule has 7 heteroatoms. The molecule has 2 rings (SSSR count). The highest BCUT2D eigenvalue weighted by molar-refractivity contribution is 7.07. The van der Waals surface area contributed by atoms with E-state index in [1.807, 2.05) is 10.9 Å². The average molecular weight is 275 g/mol. The minimum absolute atomic E-state index is 0.181. The summed E-state index contributed by atoms with van der Waals surface area (Å²) < 4.78 is 0. The molecule has 0 aromatic carbocycles. The van der Waals surface area contributed by atoms with E-state index in [4.69, 9.17) is 23.2 Å². The van der Waals surface area contributed by atoms with Crippen LogP contribution in [-0.2, 0) is 6.42 Å². The van der Waals surface area contributed by atoms with Gasteiger partial charge in [-0.05, 0) is 11.6 Å². The zero-order valence-corrected chi connectivity index (χ0v) is 10.5. The molecule has 0 bridgehead atoms. The first-order valence-corrected chi connectivity index (χ1v) is 6.24. The predicted octanol–water partition coefficient (Wildman–Crippen LogP) is 2.89. The number of halogens is 2. The molecule has 2 heterocycles. The van der Waals surface area contributed by atoms with Crippen molar-refractivity contribution in [3.8, 4) is 0 Å². The Balaban J connectivity index is 1.92. The van der Waals surface area contributed by atoms with Gasteiger partial charge >= 0.3 is 0 Å². The van der Waals surface area contributed by atoms with Crippen LogP contribution in [-0.4, -0.2) is 21.5 Å². The molecule has 16 heavy (non-hydrogen) atoms. The van der Waals surface area contributed by atoms with E-state index in [1.54, 1.807) is 11.3 Å². The Morgan fingerprint density at radius 2 is 2.19 bits per heavy atom. The van der Waals surface area contributed by atoms with Crippen molar-refractivity contribution in [3.05, 3.63) is 33.1 Å². The molecule has 0 unspecified atom stereocenters. The number of anilines is 1. The van der Waals surface area contributed by atoms with Crippen LogP contribution in [0.4, 0.5) is 5.82 Å². The van der Waals surface area contributed by atoms with Gasteiger partial charge in [-0.3, -0.25) is 0 Å². The van der Waals surface area contributed by atoms with Gasteiger partial charge in [0.1, 0.15) is 10.8 Å². The number of hydrogen-bond acceptors (Lipinski definition) is 5. The van der Waals surface area contributed by atoms with Crippen molar-refractivity contribution < 1.29 is 0 Å². The van der Waals surface area contributed by atoms with Crippen LogP contribution in [0.2, 0.25) is 10.3 Å². The Morgan fingerprint density at radius 3 is 2.94 bits per heavy atom. The summed E-state index contributed by atoms with van der Waals surface area (Å²) in [6.45, 7) is 0.705. The van der Waals surface area contributed by atoms with Crippen LogP contribution < -0.4 is 5.32 Å². The second-order valence-corrected chi connectivity index (χ2v) is 4.46. The first-order chi connectivity index (χ1) is 7.75. The lowest BCUT2D eigenvalue weighted by molar-refractivity contribution is 0.964. The molecule has 2 aromatic rings. The van der Waals surface area contributed by atoms with Gasteiger partial charge in [-0.25, -0.2) is 9.97 Å². The highest BCUT2D eigenvalue weighted by Gasteiger charge is 2.03. The van der Waals surface area contributed by atoms with Crippen molar-refractivity contribution >= 4 is 40.4 Å². The van der Waals surface area contributed by atoms with Crippen molar-refractivity contribution in [2.24, 2.45) is 0 Å². The van der Waals surface area contributed by atoms with Gasteiger partial charge in [0, 0.05) is 18.3 Å². The van der Waals surface area contributed by atoms with Crippen LogP contribution in [0.25, 0.3) is 0 Å². The Kier molecular flexibility index (Phi) is 3.93. The number of thiazole rings is 1. The zero-order chi connectivity index (χ0) is 11.4. The Hall–Kier alpha value is -0.910. The molecule has 0 saturated heterocycles. The molecule has 0 radical (unpaired) electrons. The summed E-state index contributed by atoms with van der Waals surface area (Å²) >= 11 is 13.1. The third-order valence-corrected chi connectivity index (χ3v) is 2.97. The van der Waals surface area contributed by atoms with E-state index >= 15 is 0 Å². The van der Waals surface area contributed by atoms with Crippen LogP contribution in [0.3, 0.4) is 0 Å². The van der Waals surface area contributed by atoms with Crippen molar-refractivity contribution in [2.75, 3.05) is 11.9 Å². The number of nitrogens with one attached hydrogen (secondary N) is 1. The topological polar surface area (TPSA) is 50.7 Å². The van der Waals surface area contributed by atoms with Crippen LogP contribution in [0.15, 0.2) is 17.1 Å². The van der Waals surface area contributed by atoms with E-state index in [-0.39, 0.29) is 5.28 Å². The van der Waals surface area contributed by atoms with E-state index in [0.717, 1.165) is 12.1 Å². The summed E-state index contributed by atoms with van der Waals surface area (Å²) in [5.41, 5.74) is 2.86. The minimum atomic E-state index is 0.181. The van der Waals surface area contributed by atoms with Gasteiger partial charge in [0.2, 0.25) is 5.28 Å². The predicted molar refractivity (Wildman–Crippen MR) is 66.4 cm³/mol. The molecular weight excluding hydrogens is 267 g/mol. The molecule has 0 spiro atoms. The Bertz CT molecular complexity index is 461. The smallest absolute Gasteiger partial charge is 0.224 e. The van der Waals surface area contributed by atoms with Gasteiger partial charge in [0.15, 0.2) is 0 Å². The van der Waals surface area contributed by atoms with E-state index in [2.05, 4.69) is 20.3 Å². The van der Waals surface area contributed by atoms with Crippen LogP contribution in [0.5, 0.6) is 0 Å². The van der Waals surface area contributed by atoms with E-state index in [0.29, 0.717) is 17.4 Å². The molecule has 4 nitrogen and oxygen atoms in total. The summed E-state index contributed by atoms with van der Waals surface area (Å²) in [5.74, 6) is 0.553. The molecule has 0 aliphatic rings. The molecule has 0 amide bonds. The van der Waals surface area contributed by atoms with Crippen LogP contribution >= 0.6 is 34.5 Å². The molecule has 2 aromatic heterocycles. The second kappa shape index (κ2) is 5.43. The van der Waals surface area contributed by atoms with E-state index in [1.165, 1.54) is 6.20 Å². The van der Waals surface area contributed by atoms with Crippen molar-refractivity contribution in [2.45, 2.75) is 6.42 Å². The first-order valence-electron chi connectivity index (χ1n) is 4.54. The maximum absolute atomic E-state index is 5.90. The second-order valence-electron chi connectivity index (χ2n) is 2.99. The Labute approximate surface area is 107 Å². The van der Waals surface area contributed by atoms with E-state index < -0.39 is 0 Å². The van der Waals surface area contributed by atoms with Crippen molar-refractivity contribution in [1.29, 1.82) is 0 Å². The lowest BCUT2D eigenvalue weighted by Gasteiger charge is -2.05. The fourth-order valence-electron chi connectivity index (χ4n) is 1.14. The lowest BCUT2D eigenvalue weighted by atomic mass is 10.3. The van der Waals surface area contributed by atoms with Gasteiger partial charge < -0.3 is 5.32 Å². The van der Waals surface area contributed by atoms with Gasteiger partial charge in [-0.1, -0.05) is 11.6 Å². The molecule has 84 valence electrons. The number of nitrogens with zero attached hydrogens (tertiary/aromatic N) is 3. The molecule has 1 N–H and O–H groups in total. The third-order valence-electron chi connectivity index (χ3n) is 1.87. The maximum Gasteiger partial charge on any atom is 0.224 e. The molecular formula is C9H8Cl2N4S. The minimum Gasteiger partial charge on any atom is -0.368 e. The van der Waals surface area contributed by atoms with Crippen LogP contribution in [0.1, 0.15) is 5.69 Å². The molecule has 0 aliphatic carbocycles. The van der Waals surface area contributed by atoms with Gasteiger partial charge in [-0.2, -0.15) is 4.98 Å². The highest BCUT2D eigenvalue weighted by Crippen LogP contribution is 2.19. The van der Waals surface area contributed by atoms with Gasteiger partial charge in [0.25, 0.3) is 0 Å². The Morgan fingerprint density at radius 1 is 1.31 bits per heavy atom. The van der Waals surface area contributed by atoms with E-state index in [9.17, 15) is 0 Å². The number of aromatic nitrogens is 3. The average Bonchev–Trinajstić information content (AvgIpc) is 2.76. The third kappa shape index (κ3) is 3.04. The SMILES string of the molecule is Clc1ncc(Cl)c(NCCc2cscn2)n1. The fraction of sp³-hybridized carbons (Fsp3) is 0.222. The van der Waals surface area contributed by atoms with Crippen molar-refractivity contribution in [3.63, 3.8) is 0 Å². The lowest BCUT2D eigenvalue weighted by Crippen LogP contribution is -2.07. The summed E-state index contributed by atoms with van der Waals surface area (Å²) in [5, 5.41) is 5.74. The zero-order valence-electron chi connectivity index (χ0n) is 8.15. The summed E-state index contributed by atoms with van der Waals surface area (Å²) in [6, 6.07) is 0. The molecule has 0 aliphatic heterocycles. The van der Waals surface area contributed by atoms with Crippen molar-refractivity contribution in [1.82, 2.24) is 15.0 Å². The fourth-order valence-corrected chi connectivity index (χ4v) is 2.02. The summed E-state index contributed by atoms with van der Waals surface area (Å²) in [7, 11) is 0. The monoisotopic (exact) mass is 274 g/mol. The molecule has 0 saturated carbocycles. The highest BCUT2D eigenvalue weighted by atomic mass is 35.5. The normalized spacial score (nSPS) is 10.4. The molecule has 0 fully saturated rings. The molecule has 0 atom stereocenters. The van der Waals surface area contributed by atoms with Crippen LogP contribution in [0, 0.1) is 0 Å².